The molecule has 0 aromatic heterocycles. The number of amides is 4. The van der Waals surface area contributed by atoms with Crippen LogP contribution in [0.25, 0.3) is 0 Å². The van der Waals surface area contributed by atoms with Gasteiger partial charge in [0.1, 0.15) is 6.67 Å². The number of imide groups is 1. The number of nitrogens with zero attached hydrogens (tertiary/aromatic N) is 4. The van der Waals surface area contributed by atoms with Crippen molar-refractivity contribution >= 4 is 30.3 Å². The van der Waals surface area contributed by atoms with Crippen LogP contribution in [0.5, 0.6) is 0 Å². The normalized spacial score (nSPS) is 11.9. The number of isocyanates is 3. The fourth-order valence-corrected chi connectivity index (χ4v) is 3.61. The highest BCUT2D eigenvalue weighted by Crippen LogP contribution is 2.24. The largest absolute Gasteiger partial charge is 0.333 e. The minimum absolute atomic E-state index is 0.275. The Hall–Kier alpha value is -3.12. The SMILES string of the molecule is CC(C)(CC(C)(C)NC(=O)N(CN=C=O)C(=O)NC(C)(C)CC(C)(C)N=C=O)N=C=O. The third-order valence-corrected chi connectivity index (χ3v) is 4.10. The van der Waals surface area contributed by atoms with Crippen molar-refractivity contribution in [2.24, 2.45) is 15.0 Å². The average Bonchev–Trinajstić information content (AvgIpc) is 2.51. The van der Waals surface area contributed by atoms with Gasteiger partial charge < -0.3 is 10.6 Å². The summed E-state index contributed by atoms with van der Waals surface area (Å²) >= 11 is 0. The van der Waals surface area contributed by atoms with Crippen molar-refractivity contribution in [2.75, 3.05) is 6.67 Å². The smallest absolute Gasteiger partial charge is 0.327 e. The molecule has 4 amide bonds. The minimum Gasteiger partial charge on any atom is -0.333 e. The first-order chi connectivity index (χ1) is 14.0. The van der Waals surface area contributed by atoms with Crippen LogP contribution in [-0.2, 0) is 14.4 Å². The number of carbonyl (C=O) groups is 2. The van der Waals surface area contributed by atoms with Gasteiger partial charge in [0.2, 0.25) is 18.2 Å². The number of rotatable bonds is 10. The van der Waals surface area contributed by atoms with E-state index < -0.39 is 40.9 Å². The van der Waals surface area contributed by atoms with Gasteiger partial charge in [-0.1, -0.05) is 0 Å². The molecule has 0 heterocycles. The number of carbonyl (C=O) groups excluding carboxylic acids is 5. The zero-order valence-electron chi connectivity index (χ0n) is 19.5. The molecule has 2 N–H and O–H groups in total. The van der Waals surface area contributed by atoms with Gasteiger partial charge in [-0.25, -0.2) is 28.9 Å². The van der Waals surface area contributed by atoms with Gasteiger partial charge in [-0.15, -0.1) is 0 Å². The first kappa shape index (κ1) is 27.9. The zero-order chi connectivity index (χ0) is 24.5. The maximum absolute atomic E-state index is 12.8. The van der Waals surface area contributed by atoms with Crippen LogP contribution in [0.1, 0.15) is 68.2 Å². The summed E-state index contributed by atoms with van der Waals surface area (Å²) in [6.45, 7) is 13.1. The summed E-state index contributed by atoms with van der Waals surface area (Å²) in [6, 6.07) is -1.60. The second-order valence-electron chi connectivity index (χ2n) is 9.83. The molecule has 0 radical (unpaired) electrons. The number of aliphatic imine (C=N–C) groups is 3. The van der Waals surface area contributed by atoms with Gasteiger partial charge in [-0.2, -0.15) is 15.0 Å². The monoisotopic (exact) mass is 436 g/mol. The Morgan fingerprint density at radius 3 is 1.35 bits per heavy atom. The van der Waals surface area contributed by atoms with Crippen molar-refractivity contribution in [1.29, 1.82) is 0 Å². The van der Waals surface area contributed by atoms with Crippen molar-refractivity contribution in [3.05, 3.63) is 0 Å². The van der Waals surface area contributed by atoms with E-state index in [2.05, 4.69) is 25.6 Å². The molecule has 11 nitrogen and oxygen atoms in total. The minimum atomic E-state index is -0.861. The van der Waals surface area contributed by atoms with Crippen LogP contribution < -0.4 is 10.6 Å². The van der Waals surface area contributed by atoms with Crippen molar-refractivity contribution in [2.45, 2.75) is 90.4 Å². The average molecular weight is 437 g/mol. The second kappa shape index (κ2) is 10.8. The van der Waals surface area contributed by atoms with Gasteiger partial charge >= 0.3 is 12.1 Å². The fraction of sp³-hybridized carbons (Fsp3) is 0.750. The lowest BCUT2D eigenvalue weighted by Crippen LogP contribution is -2.58. The Kier molecular flexibility index (Phi) is 9.69. The molecule has 0 unspecified atom stereocenters. The van der Waals surface area contributed by atoms with Crippen LogP contribution >= 0.6 is 0 Å². The van der Waals surface area contributed by atoms with Gasteiger partial charge in [0.05, 0.1) is 11.1 Å². The topological polar surface area (TPSA) is 150 Å². The lowest BCUT2D eigenvalue weighted by Gasteiger charge is -2.36. The Morgan fingerprint density at radius 1 is 0.710 bits per heavy atom. The third kappa shape index (κ3) is 11.0. The summed E-state index contributed by atoms with van der Waals surface area (Å²) in [5, 5.41) is 5.38. The van der Waals surface area contributed by atoms with Crippen LogP contribution in [0, 0.1) is 0 Å². The van der Waals surface area contributed by atoms with Crippen LogP contribution in [0.3, 0.4) is 0 Å². The number of hydrogen-bond acceptors (Lipinski definition) is 8. The van der Waals surface area contributed by atoms with Crippen molar-refractivity contribution < 1.29 is 24.0 Å². The van der Waals surface area contributed by atoms with Crippen LogP contribution in [0.15, 0.2) is 15.0 Å². The summed E-state index contributed by atoms with van der Waals surface area (Å²) < 4.78 is 0. The Morgan fingerprint density at radius 2 is 1.06 bits per heavy atom. The van der Waals surface area contributed by atoms with E-state index in [1.165, 1.54) is 18.2 Å². The molecular weight excluding hydrogens is 404 g/mol. The summed E-state index contributed by atoms with van der Waals surface area (Å²) in [7, 11) is 0. The van der Waals surface area contributed by atoms with Crippen LogP contribution in [0.4, 0.5) is 9.59 Å². The number of hydrogen-bond donors (Lipinski definition) is 2. The molecule has 0 bridgehead atoms. The Bertz CT molecular complexity index is 756. The molecule has 0 atom stereocenters. The molecule has 0 saturated heterocycles. The van der Waals surface area contributed by atoms with E-state index in [0.29, 0.717) is 0 Å². The van der Waals surface area contributed by atoms with Gasteiger partial charge in [0.15, 0.2) is 0 Å². The molecule has 31 heavy (non-hydrogen) atoms. The molecule has 0 spiro atoms. The highest BCUT2D eigenvalue weighted by atomic mass is 16.2. The van der Waals surface area contributed by atoms with Crippen LogP contribution in [0.2, 0.25) is 0 Å². The van der Waals surface area contributed by atoms with Crippen molar-refractivity contribution in [3.8, 4) is 0 Å². The first-order valence-corrected chi connectivity index (χ1v) is 9.63. The van der Waals surface area contributed by atoms with E-state index >= 15 is 0 Å². The molecule has 0 aromatic rings. The van der Waals surface area contributed by atoms with E-state index in [0.717, 1.165) is 4.90 Å². The fourth-order valence-electron chi connectivity index (χ4n) is 3.61. The predicted octanol–water partition coefficient (Wildman–Crippen LogP) is 2.57. The molecule has 0 rings (SSSR count). The third-order valence-electron chi connectivity index (χ3n) is 4.10. The Balaban J connectivity index is 5.54. The molecular formula is C20H32N6O5. The highest BCUT2D eigenvalue weighted by molar-refractivity contribution is 5.94. The van der Waals surface area contributed by atoms with E-state index in [4.69, 9.17) is 0 Å². The molecule has 0 aromatic carbocycles. The maximum Gasteiger partial charge on any atom is 0.327 e. The Labute approximate surface area is 182 Å². The summed E-state index contributed by atoms with van der Waals surface area (Å²) in [5.74, 6) is 0. The van der Waals surface area contributed by atoms with E-state index in [1.54, 1.807) is 55.4 Å². The molecule has 172 valence electrons. The lowest BCUT2D eigenvalue weighted by molar-refractivity contribution is 0.168. The first-order valence-electron chi connectivity index (χ1n) is 9.63. The summed E-state index contributed by atoms with van der Waals surface area (Å²) in [4.78, 5) is 68.9. The summed E-state index contributed by atoms with van der Waals surface area (Å²) in [6.07, 6.45) is 4.86. The molecule has 0 fully saturated rings. The summed E-state index contributed by atoms with van der Waals surface area (Å²) in [5.41, 5.74) is -3.31. The standard InChI is InChI=1S/C20H32N6O5/c1-17(2,22-13-28)9-19(5,6)24-15(30)26(11-21-12-27)16(31)25-20(7,8)10-18(3,4)23-14-29/h9-11H2,1-8H3,(H,24,30)(H,25,31). The maximum atomic E-state index is 12.8. The van der Waals surface area contributed by atoms with Gasteiger partial charge in [-0.05, 0) is 68.2 Å². The van der Waals surface area contributed by atoms with Gasteiger partial charge in [0.25, 0.3) is 0 Å². The quantitative estimate of drug-likeness (QED) is 0.398. The molecule has 0 aliphatic heterocycles. The van der Waals surface area contributed by atoms with E-state index in [9.17, 15) is 24.0 Å². The molecule has 0 saturated carbocycles. The molecule has 11 heteroatoms. The van der Waals surface area contributed by atoms with Gasteiger partial charge in [-0.3, -0.25) is 0 Å². The second-order valence-corrected chi connectivity index (χ2v) is 9.83. The van der Waals surface area contributed by atoms with E-state index in [1.807, 2.05) is 0 Å². The van der Waals surface area contributed by atoms with Crippen molar-refractivity contribution in [1.82, 2.24) is 15.5 Å². The predicted molar refractivity (Wildman–Crippen MR) is 114 cm³/mol. The lowest BCUT2D eigenvalue weighted by atomic mass is 9.87. The van der Waals surface area contributed by atoms with Crippen molar-refractivity contribution in [3.63, 3.8) is 0 Å². The molecule has 0 aliphatic rings. The zero-order valence-corrected chi connectivity index (χ0v) is 19.5. The van der Waals surface area contributed by atoms with Gasteiger partial charge in [0, 0.05) is 11.1 Å². The number of nitrogens with one attached hydrogen (secondary N) is 2. The van der Waals surface area contributed by atoms with Crippen LogP contribution in [-0.4, -0.2) is 64.0 Å². The number of urea groups is 2. The van der Waals surface area contributed by atoms with E-state index in [-0.39, 0.29) is 12.8 Å². The molecule has 0 aliphatic carbocycles. The highest BCUT2D eigenvalue weighted by Gasteiger charge is 2.35.